The molecule has 0 saturated heterocycles. The van der Waals surface area contributed by atoms with E-state index in [1.54, 1.807) is 0 Å². The predicted octanol–water partition coefficient (Wildman–Crippen LogP) is 1.65. The number of carboxylic acids is 1. The number of hydrogen-bond donors (Lipinski definition) is 2. The van der Waals surface area contributed by atoms with E-state index in [0.717, 1.165) is 17.7 Å². The van der Waals surface area contributed by atoms with Crippen molar-refractivity contribution in [3.8, 4) is 5.75 Å². The molecule has 0 aliphatic carbocycles. The van der Waals surface area contributed by atoms with E-state index >= 15 is 0 Å². The van der Waals surface area contributed by atoms with Gasteiger partial charge in [0.1, 0.15) is 5.75 Å². The Hall–Kier alpha value is -1.55. The summed E-state index contributed by atoms with van der Waals surface area (Å²) in [5, 5.41) is 11.3. The van der Waals surface area contributed by atoms with E-state index in [1.165, 1.54) is 0 Å². The van der Waals surface area contributed by atoms with Crippen LogP contribution in [-0.4, -0.2) is 24.2 Å². The van der Waals surface area contributed by atoms with E-state index in [-0.39, 0.29) is 6.54 Å². The van der Waals surface area contributed by atoms with Gasteiger partial charge in [0, 0.05) is 12.1 Å². The normalized spacial score (nSPS) is 10.1. The molecule has 1 aromatic carbocycles. The van der Waals surface area contributed by atoms with Crippen molar-refractivity contribution in [2.75, 3.05) is 13.2 Å². The number of carboxylic acid groups (broad SMARTS) is 1. The molecule has 0 atom stereocenters. The molecule has 0 spiro atoms. The van der Waals surface area contributed by atoms with Crippen LogP contribution in [0.2, 0.25) is 0 Å². The van der Waals surface area contributed by atoms with Crippen LogP contribution in [0.15, 0.2) is 24.3 Å². The van der Waals surface area contributed by atoms with Crippen LogP contribution < -0.4 is 10.1 Å². The zero-order valence-electron chi connectivity index (χ0n) is 9.40. The Kier molecular flexibility index (Phi) is 5.36. The number of carbonyl (C=O) groups is 1. The van der Waals surface area contributed by atoms with Crippen molar-refractivity contribution >= 4 is 5.97 Å². The second kappa shape index (κ2) is 6.85. The highest BCUT2D eigenvalue weighted by Crippen LogP contribution is 2.17. The van der Waals surface area contributed by atoms with E-state index < -0.39 is 5.97 Å². The molecule has 0 aliphatic rings. The summed E-state index contributed by atoms with van der Waals surface area (Å²) in [6.45, 7) is 3.19. The molecule has 88 valence electrons. The quantitative estimate of drug-likeness (QED) is 0.738. The van der Waals surface area contributed by atoms with E-state index in [2.05, 4.69) is 5.32 Å². The first-order valence-electron chi connectivity index (χ1n) is 5.37. The third-order valence-electron chi connectivity index (χ3n) is 2.03. The lowest BCUT2D eigenvalue weighted by molar-refractivity contribution is -0.136. The fraction of sp³-hybridized carbons (Fsp3) is 0.417. The first kappa shape index (κ1) is 12.5. The molecule has 0 unspecified atom stereocenters. The molecule has 0 aliphatic heterocycles. The molecule has 0 aromatic heterocycles. The lowest BCUT2D eigenvalue weighted by Crippen LogP contribution is -2.22. The molecule has 4 nitrogen and oxygen atoms in total. The third-order valence-corrected chi connectivity index (χ3v) is 2.03. The van der Waals surface area contributed by atoms with Gasteiger partial charge in [-0.1, -0.05) is 25.1 Å². The lowest BCUT2D eigenvalue weighted by atomic mass is 10.2. The number of nitrogens with one attached hydrogen (secondary N) is 1. The van der Waals surface area contributed by atoms with Gasteiger partial charge in [0.25, 0.3) is 0 Å². The van der Waals surface area contributed by atoms with Crippen LogP contribution in [0.3, 0.4) is 0 Å². The molecule has 1 aromatic rings. The molecule has 1 rings (SSSR count). The molecular formula is C12H17NO3. The number of benzene rings is 1. The Morgan fingerprint density at radius 3 is 2.88 bits per heavy atom. The molecule has 0 saturated carbocycles. The van der Waals surface area contributed by atoms with Crippen molar-refractivity contribution in [1.82, 2.24) is 5.32 Å². The lowest BCUT2D eigenvalue weighted by Gasteiger charge is -2.10. The molecule has 0 amide bonds. The van der Waals surface area contributed by atoms with Gasteiger partial charge < -0.3 is 15.2 Å². The van der Waals surface area contributed by atoms with Gasteiger partial charge in [-0.2, -0.15) is 0 Å². The summed E-state index contributed by atoms with van der Waals surface area (Å²) in [6.07, 6.45) is 0.955. The van der Waals surface area contributed by atoms with Crippen LogP contribution >= 0.6 is 0 Å². The molecule has 2 N–H and O–H groups in total. The van der Waals surface area contributed by atoms with Gasteiger partial charge in [0.15, 0.2) is 0 Å². The zero-order valence-corrected chi connectivity index (χ0v) is 9.40. The highest BCUT2D eigenvalue weighted by atomic mass is 16.5. The van der Waals surface area contributed by atoms with Crippen LogP contribution in [0.25, 0.3) is 0 Å². The second-order valence-electron chi connectivity index (χ2n) is 3.45. The Morgan fingerprint density at radius 2 is 2.19 bits per heavy atom. The van der Waals surface area contributed by atoms with Gasteiger partial charge in [-0.05, 0) is 12.5 Å². The first-order chi connectivity index (χ1) is 7.74. The fourth-order valence-corrected chi connectivity index (χ4v) is 1.31. The van der Waals surface area contributed by atoms with Gasteiger partial charge in [-0.25, -0.2) is 0 Å². The SMILES string of the molecule is CCCOc1ccccc1CNCC(=O)O. The van der Waals surface area contributed by atoms with Crippen molar-refractivity contribution in [3.63, 3.8) is 0 Å². The van der Waals surface area contributed by atoms with E-state index in [1.807, 2.05) is 31.2 Å². The smallest absolute Gasteiger partial charge is 0.317 e. The van der Waals surface area contributed by atoms with Crippen LogP contribution in [0, 0.1) is 0 Å². The van der Waals surface area contributed by atoms with Crippen molar-refractivity contribution < 1.29 is 14.6 Å². The molecular weight excluding hydrogens is 206 g/mol. The third kappa shape index (κ3) is 4.31. The largest absolute Gasteiger partial charge is 0.493 e. The van der Waals surface area contributed by atoms with E-state index in [0.29, 0.717) is 13.2 Å². The molecule has 0 radical (unpaired) electrons. The minimum absolute atomic E-state index is 0.0396. The van der Waals surface area contributed by atoms with Gasteiger partial charge in [-0.15, -0.1) is 0 Å². The molecule has 0 heterocycles. The van der Waals surface area contributed by atoms with Crippen molar-refractivity contribution in [1.29, 1.82) is 0 Å². The maximum atomic E-state index is 10.4. The maximum Gasteiger partial charge on any atom is 0.317 e. The van der Waals surface area contributed by atoms with E-state index in [9.17, 15) is 4.79 Å². The zero-order chi connectivity index (χ0) is 11.8. The Bertz CT molecular complexity index is 339. The first-order valence-corrected chi connectivity index (χ1v) is 5.37. The number of para-hydroxylation sites is 1. The minimum Gasteiger partial charge on any atom is -0.493 e. The number of hydrogen-bond acceptors (Lipinski definition) is 3. The Morgan fingerprint density at radius 1 is 1.44 bits per heavy atom. The van der Waals surface area contributed by atoms with Gasteiger partial charge in [0.2, 0.25) is 0 Å². The van der Waals surface area contributed by atoms with Gasteiger partial charge in [-0.3, -0.25) is 4.79 Å². The molecule has 0 fully saturated rings. The summed E-state index contributed by atoms with van der Waals surface area (Å²) in [5.74, 6) is -0.0332. The highest BCUT2D eigenvalue weighted by Gasteiger charge is 2.03. The number of rotatable bonds is 7. The summed E-state index contributed by atoms with van der Waals surface area (Å²) in [5.41, 5.74) is 0.984. The summed E-state index contributed by atoms with van der Waals surface area (Å²) in [6, 6.07) is 7.65. The van der Waals surface area contributed by atoms with Crippen LogP contribution in [0.4, 0.5) is 0 Å². The van der Waals surface area contributed by atoms with Crippen LogP contribution in [0.1, 0.15) is 18.9 Å². The Labute approximate surface area is 95.2 Å². The van der Waals surface area contributed by atoms with Gasteiger partial charge in [0.05, 0.1) is 13.2 Å². The predicted molar refractivity (Wildman–Crippen MR) is 61.6 cm³/mol. The summed E-state index contributed by atoms with van der Waals surface area (Å²) in [4.78, 5) is 10.4. The van der Waals surface area contributed by atoms with Crippen LogP contribution in [-0.2, 0) is 11.3 Å². The van der Waals surface area contributed by atoms with Gasteiger partial charge >= 0.3 is 5.97 Å². The van der Waals surface area contributed by atoms with Crippen molar-refractivity contribution in [2.45, 2.75) is 19.9 Å². The minimum atomic E-state index is -0.855. The highest BCUT2D eigenvalue weighted by molar-refractivity contribution is 5.69. The fourth-order valence-electron chi connectivity index (χ4n) is 1.31. The summed E-state index contributed by atoms with van der Waals surface area (Å²) >= 11 is 0. The average molecular weight is 223 g/mol. The molecule has 4 heteroatoms. The monoisotopic (exact) mass is 223 g/mol. The molecule has 16 heavy (non-hydrogen) atoms. The summed E-state index contributed by atoms with van der Waals surface area (Å²) in [7, 11) is 0. The van der Waals surface area contributed by atoms with Crippen molar-refractivity contribution in [3.05, 3.63) is 29.8 Å². The topological polar surface area (TPSA) is 58.6 Å². The maximum absolute atomic E-state index is 10.4. The average Bonchev–Trinajstić information content (AvgIpc) is 2.27. The molecule has 0 bridgehead atoms. The second-order valence-corrected chi connectivity index (χ2v) is 3.45. The number of aliphatic carboxylic acids is 1. The Balaban J connectivity index is 2.52. The number of ether oxygens (including phenoxy) is 1. The van der Waals surface area contributed by atoms with Crippen LogP contribution in [0.5, 0.6) is 5.75 Å². The van der Waals surface area contributed by atoms with E-state index in [4.69, 9.17) is 9.84 Å². The summed E-state index contributed by atoms with van der Waals surface area (Å²) < 4.78 is 5.56. The standard InChI is InChI=1S/C12H17NO3/c1-2-7-16-11-6-4-3-5-10(11)8-13-9-12(14)15/h3-6,13H,2,7-9H2,1H3,(H,14,15). The van der Waals surface area contributed by atoms with Crippen molar-refractivity contribution in [2.24, 2.45) is 0 Å².